The standard InChI is InChI=1S/C16H19N3O/c1-10-5-4-6-18-15(10)9-19-16(20)13-8-14(17)12(3)7-11(13)2/h4-8H,9,17H2,1-3H3,(H,19,20). The second kappa shape index (κ2) is 5.74. The summed E-state index contributed by atoms with van der Waals surface area (Å²) < 4.78 is 0. The number of nitrogen functional groups attached to an aromatic ring is 1. The molecule has 2 aromatic rings. The zero-order chi connectivity index (χ0) is 14.7. The van der Waals surface area contributed by atoms with Crippen molar-refractivity contribution >= 4 is 11.6 Å². The van der Waals surface area contributed by atoms with E-state index < -0.39 is 0 Å². The molecule has 4 nitrogen and oxygen atoms in total. The van der Waals surface area contributed by atoms with Crippen LogP contribution in [0.2, 0.25) is 0 Å². The average Bonchev–Trinajstić information content (AvgIpc) is 2.41. The third-order valence-corrected chi connectivity index (χ3v) is 3.39. The van der Waals surface area contributed by atoms with Crippen molar-refractivity contribution in [2.45, 2.75) is 27.3 Å². The van der Waals surface area contributed by atoms with Crippen LogP contribution in [0.25, 0.3) is 0 Å². The fourth-order valence-electron chi connectivity index (χ4n) is 2.08. The number of carbonyl (C=O) groups is 1. The molecule has 0 saturated heterocycles. The fourth-order valence-corrected chi connectivity index (χ4v) is 2.08. The zero-order valence-corrected chi connectivity index (χ0v) is 12.0. The van der Waals surface area contributed by atoms with Crippen molar-refractivity contribution in [3.63, 3.8) is 0 Å². The van der Waals surface area contributed by atoms with Gasteiger partial charge >= 0.3 is 0 Å². The highest BCUT2D eigenvalue weighted by atomic mass is 16.1. The first-order valence-corrected chi connectivity index (χ1v) is 6.54. The summed E-state index contributed by atoms with van der Waals surface area (Å²) in [5.41, 5.74) is 11.0. The molecule has 0 aliphatic carbocycles. The first kappa shape index (κ1) is 14.1. The second-order valence-electron chi connectivity index (χ2n) is 4.97. The minimum Gasteiger partial charge on any atom is -0.398 e. The third kappa shape index (κ3) is 2.96. The molecule has 4 heteroatoms. The highest BCUT2D eigenvalue weighted by Crippen LogP contribution is 2.17. The summed E-state index contributed by atoms with van der Waals surface area (Å²) in [5.74, 6) is -0.126. The molecule has 3 N–H and O–H groups in total. The quantitative estimate of drug-likeness (QED) is 0.841. The summed E-state index contributed by atoms with van der Waals surface area (Å²) in [6, 6.07) is 7.51. The predicted octanol–water partition coefficient (Wildman–Crippen LogP) is 2.52. The van der Waals surface area contributed by atoms with Gasteiger partial charge in [-0.1, -0.05) is 12.1 Å². The Labute approximate surface area is 119 Å². The summed E-state index contributed by atoms with van der Waals surface area (Å²) in [5, 5.41) is 2.89. The van der Waals surface area contributed by atoms with Crippen LogP contribution < -0.4 is 11.1 Å². The molecule has 0 unspecified atom stereocenters. The van der Waals surface area contributed by atoms with Crippen LogP contribution in [-0.4, -0.2) is 10.9 Å². The molecule has 104 valence electrons. The minimum atomic E-state index is -0.126. The SMILES string of the molecule is Cc1cc(C)c(C(=O)NCc2ncccc2C)cc1N. The number of aromatic nitrogens is 1. The monoisotopic (exact) mass is 269 g/mol. The van der Waals surface area contributed by atoms with E-state index in [0.717, 1.165) is 22.4 Å². The molecule has 0 spiro atoms. The number of carbonyl (C=O) groups excluding carboxylic acids is 1. The van der Waals surface area contributed by atoms with E-state index in [1.165, 1.54) is 0 Å². The molecule has 20 heavy (non-hydrogen) atoms. The Balaban J connectivity index is 2.13. The Kier molecular flexibility index (Phi) is 4.03. The van der Waals surface area contributed by atoms with Crippen molar-refractivity contribution in [3.05, 3.63) is 58.4 Å². The lowest BCUT2D eigenvalue weighted by molar-refractivity contribution is 0.0950. The van der Waals surface area contributed by atoms with E-state index in [1.807, 2.05) is 39.0 Å². The van der Waals surface area contributed by atoms with Gasteiger partial charge in [-0.15, -0.1) is 0 Å². The largest absolute Gasteiger partial charge is 0.398 e. The number of nitrogens with one attached hydrogen (secondary N) is 1. The van der Waals surface area contributed by atoms with Gasteiger partial charge in [-0.25, -0.2) is 0 Å². The molecule has 0 fully saturated rings. The van der Waals surface area contributed by atoms with Gasteiger partial charge in [-0.05, 0) is 49.6 Å². The zero-order valence-electron chi connectivity index (χ0n) is 12.0. The lowest BCUT2D eigenvalue weighted by Crippen LogP contribution is -2.24. The molecule has 1 aromatic heterocycles. The first-order chi connectivity index (χ1) is 9.49. The summed E-state index contributed by atoms with van der Waals surface area (Å²) in [7, 11) is 0. The highest BCUT2D eigenvalue weighted by Gasteiger charge is 2.11. The van der Waals surface area contributed by atoms with Crippen LogP contribution >= 0.6 is 0 Å². The third-order valence-electron chi connectivity index (χ3n) is 3.39. The van der Waals surface area contributed by atoms with E-state index in [-0.39, 0.29) is 5.91 Å². The number of nitrogens with zero attached hydrogens (tertiary/aromatic N) is 1. The maximum absolute atomic E-state index is 12.2. The van der Waals surface area contributed by atoms with Crippen molar-refractivity contribution in [1.82, 2.24) is 10.3 Å². The Morgan fingerprint density at radius 2 is 1.95 bits per heavy atom. The Hall–Kier alpha value is -2.36. The van der Waals surface area contributed by atoms with Gasteiger partial charge in [-0.3, -0.25) is 9.78 Å². The molecular formula is C16H19N3O. The lowest BCUT2D eigenvalue weighted by atomic mass is 10.0. The van der Waals surface area contributed by atoms with Crippen LogP contribution in [0.5, 0.6) is 0 Å². The van der Waals surface area contributed by atoms with E-state index in [9.17, 15) is 4.79 Å². The number of hydrogen-bond acceptors (Lipinski definition) is 3. The lowest BCUT2D eigenvalue weighted by Gasteiger charge is -2.11. The van der Waals surface area contributed by atoms with Crippen LogP contribution in [0.4, 0.5) is 5.69 Å². The maximum Gasteiger partial charge on any atom is 0.251 e. The molecule has 0 radical (unpaired) electrons. The van der Waals surface area contributed by atoms with E-state index in [1.54, 1.807) is 12.3 Å². The molecule has 1 amide bonds. The molecule has 1 heterocycles. The molecule has 0 aliphatic heterocycles. The van der Waals surface area contributed by atoms with Crippen LogP contribution in [0.15, 0.2) is 30.5 Å². The van der Waals surface area contributed by atoms with Crippen molar-refractivity contribution in [2.75, 3.05) is 5.73 Å². The first-order valence-electron chi connectivity index (χ1n) is 6.54. The van der Waals surface area contributed by atoms with Gasteiger partial charge in [0.25, 0.3) is 5.91 Å². The number of pyridine rings is 1. The van der Waals surface area contributed by atoms with Crippen molar-refractivity contribution in [1.29, 1.82) is 0 Å². The van der Waals surface area contributed by atoms with Gasteiger partial charge in [0, 0.05) is 17.4 Å². The van der Waals surface area contributed by atoms with Crippen LogP contribution in [0.1, 0.15) is 32.7 Å². The minimum absolute atomic E-state index is 0.126. The van der Waals surface area contributed by atoms with E-state index >= 15 is 0 Å². The number of rotatable bonds is 3. The van der Waals surface area contributed by atoms with Crippen molar-refractivity contribution < 1.29 is 4.79 Å². The van der Waals surface area contributed by atoms with Crippen molar-refractivity contribution in [3.8, 4) is 0 Å². The van der Waals surface area contributed by atoms with Gasteiger partial charge in [0.2, 0.25) is 0 Å². The molecule has 1 aromatic carbocycles. The number of benzene rings is 1. The van der Waals surface area contributed by atoms with Gasteiger partial charge in [0.1, 0.15) is 0 Å². The van der Waals surface area contributed by atoms with Crippen LogP contribution in [-0.2, 0) is 6.54 Å². The number of nitrogens with two attached hydrogens (primary N) is 1. The molecule has 2 rings (SSSR count). The second-order valence-corrected chi connectivity index (χ2v) is 4.97. The number of aryl methyl sites for hydroxylation is 3. The predicted molar refractivity (Wildman–Crippen MR) is 80.5 cm³/mol. The van der Waals surface area contributed by atoms with E-state index in [4.69, 9.17) is 5.73 Å². The molecule has 0 saturated carbocycles. The summed E-state index contributed by atoms with van der Waals surface area (Å²) >= 11 is 0. The van der Waals surface area contributed by atoms with Gasteiger partial charge < -0.3 is 11.1 Å². The van der Waals surface area contributed by atoms with Crippen molar-refractivity contribution in [2.24, 2.45) is 0 Å². The number of amides is 1. The van der Waals surface area contributed by atoms with Gasteiger partial charge in [-0.2, -0.15) is 0 Å². The fraction of sp³-hybridized carbons (Fsp3) is 0.250. The number of anilines is 1. The maximum atomic E-state index is 12.2. The molecule has 0 aliphatic rings. The topological polar surface area (TPSA) is 68.0 Å². The smallest absolute Gasteiger partial charge is 0.251 e. The average molecular weight is 269 g/mol. The van der Waals surface area contributed by atoms with Crippen LogP contribution in [0, 0.1) is 20.8 Å². The van der Waals surface area contributed by atoms with E-state index in [0.29, 0.717) is 17.8 Å². The van der Waals surface area contributed by atoms with Crippen LogP contribution in [0.3, 0.4) is 0 Å². The van der Waals surface area contributed by atoms with E-state index in [2.05, 4.69) is 10.3 Å². The molecule has 0 atom stereocenters. The number of hydrogen-bond donors (Lipinski definition) is 2. The molecular weight excluding hydrogens is 250 g/mol. The summed E-state index contributed by atoms with van der Waals surface area (Å²) in [6.07, 6.45) is 1.73. The summed E-state index contributed by atoms with van der Waals surface area (Å²) in [4.78, 5) is 16.5. The Morgan fingerprint density at radius 3 is 2.65 bits per heavy atom. The van der Waals surface area contributed by atoms with Gasteiger partial charge in [0.05, 0.1) is 12.2 Å². The summed E-state index contributed by atoms with van der Waals surface area (Å²) in [6.45, 7) is 6.23. The normalized spacial score (nSPS) is 10.3. The Bertz CT molecular complexity index is 650. The van der Waals surface area contributed by atoms with Gasteiger partial charge in [0.15, 0.2) is 0 Å². The highest BCUT2D eigenvalue weighted by molar-refractivity contribution is 5.96. The molecule has 0 bridgehead atoms. The Morgan fingerprint density at radius 1 is 1.20 bits per heavy atom.